The Bertz CT molecular complexity index is 608. The summed E-state index contributed by atoms with van der Waals surface area (Å²) < 4.78 is 57.7. The Kier molecular flexibility index (Phi) is 5.93. The number of allylic oxidation sites excluding steroid dienone is 1. The van der Waals surface area contributed by atoms with Crippen LogP contribution in [0.25, 0.3) is 5.57 Å². The molecule has 1 aromatic carbocycles. The van der Waals surface area contributed by atoms with E-state index in [-0.39, 0.29) is 28.9 Å². The number of hydrogen-bond acceptors (Lipinski definition) is 3. The molecule has 0 amide bonds. The first-order chi connectivity index (χ1) is 10.6. The normalized spacial score (nSPS) is 15.2. The number of halogens is 4. The average Bonchev–Trinajstić information content (AvgIpc) is 2.50. The maximum Gasteiger partial charge on any atom is 0.424 e. The summed E-state index contributed by atoms with van der Waals surface area (Å²) in [6.07, 6.45) is -5.04. The summed E-state index contributed by atoms with van der Waals surface area (Å²) in [7, 11) is 1.28. The highest BCUT2D eigenvalue weighted by atomic mass is 19.4. The molecule has 1 aromatic rings. The van der Waals surface area contributed by atoms with Crippen molar-refractivity contribution in [2.45, 2.75) is 38.5 Å². The summed E-state index contributed by atoms with van der Waals surface area (Å²) in [5, 5.41) is 9.62. The molecule has 0 fully saturated rings. The van der Waals surface area contributed by atoms with Crippen molar-refractivity contribution in [3.05, 3.63) is 35.2 Å². The number of benzene rings is 1. The zero-order valence-corrected chi connectivity index (χ0v) is 13.0. The molecule has 0 aromatic heterocycles. The van der Waals surface area contributed by atoms with Crippen LogP contribution in [0.5, 0.6) is 5.75 Å². The lowest BCUT2D eigenvalue weighted by Crippen LogP contribution is -2.46. The van der Waals surface area contributed by atoms with Crippen molar-refractivity contribution in [1.29, 1.82) is 0 Å². The monoisotopic (exact) mass is 334 g/mol. The molecule has 0 aliphatic heterocycles. The highest BCUT2D eigenvalue weighted by Crippen LogP contribution is 2.40. The highest BCUT2D eigenvalue weighted by Gasteiger charge is 2.54. The van der Waals surface area contributed by atoms with Gasteiger partial charge in [-0.25, -0.2) is 4.39 Å². The van der Waals surface area contributed by atoms with Crippen LogP contribution >= 0.6 is 0 Å². The predicted molar refractivity (Wildman–Crippen MR) is 77.7 cm³/mol. The van der Waals surface area contributed by atoms with Gasteiger partial charge in [0.25, 0.3) is 0 Å². The van der Waals surface area contributed by atoms with E-state index in [1.807, 2.05) is 0 Å². The van der Waals surface area contributed by atoms with Crippen molar-refractivity contribution in [2.24, 2.45) is 0 Å². The van der Waals surface area contributed by atoms with E-state index in [0.717, 1.165) is 6.07 Å². The Morgan fingerprint density at radius 1 is 1.35 bits per heavy atom. The van der Waals surface area contributed by atoms with Gasteiger partial charge in [-0.15, -0.1) is 0 Å². The third kappa shape index (κ3) is 3.72. The Balaban J connectivity index is 3.41. The Morgan fingerprint density at radius 2 is 1.96 bits per heavy atom. The van der Waals surface area contributed by atoms with E-state index in [1.54, 1.807) is 6.92 Å². The molecule has 128 valence electrons. The van der Waals surface area contributed by atoms with E-state index in [0.29, 0.717) is 0 Å². The fraction of sp³-hybridized carbons (Fsp3) is 0.438. The Labute approximate surface area is 131 Å². The summed E-state index contributed by atoms with van der Waals surface area (Å²) in [5.41, 5.74) is -3.06. The van der Waals surface area contributed by atoms with Crippen LogP contribution in [0.3, 0.4) is 0 Å². The lowest BCUT2D eigenvalue weighted by molar-refractivity contribution is -0.242. The molecule has 0 heterocycles. The molecule has 0 saturated heterocycles. The van der Waals surface area contributed by atoms with Gasteiger partial charge in [-0.2, -0.15) is 13.2 Å². The molecule has 0 unspecified atom stereocenters. The molecule has 1 atom stereocenters. The van der Waals surface area contributed by atoms with Gasteiger partial charge in [0.05, 0.1) is 7.11 Å². The maximum absolute atomic E-state index is 13.8. The number of methoxy groups -OCH3 is 1. The second-order valence-electron chi connectivity index (χ2n) is 4.99. The number of aldehydes is 1. The van der Waals surface area contributed by atoms with E-state index in [4.69, 9.17) is 4.74 Å². The zero-order valence-electron chi connectivity index (χ0n) is 13.0. The minimum absolute atomic E-state index is 0.0310. The van der Waals surface area contributed by atoms with Crippen LogP contribution in [0.1, 0.15) is 31.4 Å². The van der Waals surface area contributed by atoms with Crippen LogP contribution < -0.4 is 4.74 Å². The first kappa shape index (κ1) is 19.2. The predicted octanol–water partition coefficient (Wildman–Crippen LogP) is 3.68. The van der Waals surface area contributed by atoms with Crippen molar-refractivity contribution in [2.75, 3.05) is 7.11 Å². The molecule has 23 heavy (non-hydrogen) atoms. The summed E-state index contributed by atoms with van der Waals surface area (Å²) in [6, 6.07) is 2.39. The van der Waals surface area contributed by atoms with Gasteiger partial charge in [0.15, 0.2) is 6.29 Å². The smallest absolute Gasteiger partial charge is 0.424 e. The van der Waals surface area contributed by atoms with Crippen molar-refractivity contribution >= 4 is 11.9 Å². The molecular formula is C16H18F4O3. The maximum atomic E-state index is 13.8. The number of rotatable bonds is 6. The van der Waals surface area contributed by atoms with Crippen LogP contribution in [0.15, 0.2) is 18.2 Å². The van der Waals surface area contributed by atoms with Gasteiger partial charge >= 0.3 is 6.18 Å². The van der Waals surface area contributed by atoms with Crippen LogP contribution in [-0.2, 0) is 11.2 Å². The first-order valence-electron chi connectivity index (χ1n) is 6.91. The van der Waals surface area contributed by atoms with Gasteiger partial charge in [-0.1, -0.05) is 13.0 Å². The molecular weight excluding hydrogens is 316 g/mol. The van der Waals surface area contributed by atoms with Crippen LogP contribution in [-0.4, -0.2) is 30.3 Å². The second-order valence-corrected chi connectivity index (χ2v) is 4.99. The Morgan fingerprint density at radius 3 is 2.35 bits per heavy atom. The quantitative estimate of drug-likeness (QED) is 0.638. The molecule has 0 radical (unpaired) electrons. The van der Waals surface area contributed by atoms with Crippen LogP contribution in [0, 0.1) is 5.82 Å². The molecule has 0 spiro atoms. The lowest BCUT2D eigenvalue weighted by Gasteiger charge is -2.26. The van der Waals surface area contributed by atoms with Crippen LogP contribution in [0.4, 0.5) is 17.6 Å². The van der Waals surface area contributed by atoms with E-state index in [9.17, 15) is 27.5 Å². The highest BCUT2D eigenvalue weighted by molar-refractivity contribution is 5.77. The number of carbonyl (C=O) groups is 1. The summed E-state index contributed by atoms with van der Waals surface area (Å²) >= 11 is 0. The van der Waals surface area contributed by atoms with Crippen molar-refractivity contribution in [1.82, 2.24) is 0 Å². The molecule has 0 aliphatic rings. The summed E-state index contributed by atoms with van der Waals surface area (Å²) in [4.78, 5) is 10.8. The third-order valence-corrected chi connectivity index (χ3v) is 3.60. The topological polar surface area (TPSA) is 46.5 Å². The first-order valence-corrected chi connectivity index (χ1v) is 6.91. The number of hydrogen-bond donors (Lipinski definition) is 1. The van der Waals surface area contributed by atoms with E-state index in [2.05, 4.69) is 0 Å². The molecule has 0 aliphatic carbocycles. The van der Waals surface area contributed by atoms with Crippen molar-refractivity contribution < 1.29 is 32.2 Å². The van der Waals surface area contributed by atoms with Gasteiger partial charge in [0.2, 0.25) is 5.60 Å². The van der Waals surface area contributed by atoms with Crippen molar-refractivity contribution in [3.8, 4) is 5.75 Å². The zero-order chi connectivity index (χ0) is 17.8. The van der Waals surface area contributed by atoms with Crippen LogP contribution in [0.2, 0.25) is 0 Å². The number of aliphatic hydroxyl groups is 1. The standard InChI is InChI=1S/C16H18F4O3/c1-4-10(8-15(22,9-21)16(18,19)20)12-6-7-13(17)11(5-2)14(12)23-3/h4,6-7,9,22H,5,8H2,1-3H3/t15-/m1/s1. The van der Waals surface area contributed by atoms with Gasteiger partial charge in [-0.3, -0.25) is 4.79 Å². The third-order valence-electron chi connectivity index (χ3n) is 3.60. The average molecular weight is 334 g/mol. The summed E-state index contributed by atoms with van der Waals surface area (Å²) in [6.45, 7) is 3.14. The van der Waals surface area contributed by atoms with E-state index < -0.39 is 30.3 Å². The second kappa shape index (κ2) is 7.12. The molecule has 0 saturated carbocycles. The van der Waals surface area contributed by atoms with Crippen molar-refractivity contribution in [3.63, 3.8) is 0 Å². The fourth-order valence-corrected chi connectivity index (χ4v) is 2.27. The van der Waals surface area contributed by atoms with E-state index in [1.165, 1.54) is 26.2 Å². The molecule has 0 bridgehead atoms. The van der Waals surface area contributed by atoms with Gasteiger partial charge in [0.1, 0.15) is 11.6 Å². The minimum atomic E-state index is -5.12. The molecule has 7 heteroatoms. The Hall–Kier alpha value is -1.89. The SMILES string of the molecule is CC=C(C[C@@](O)(C=O)C(F)(F)F)c1ccc(F)c(CC)c1OC. The molecule has 1 rings (SSSR count). The number of carbonyl (C=O) groups excluding carboxylic acids is 1. The lowest BCUT2D eigenvalue weighted by atomic mass is 9.89. The van der Waals surface area contributed by atoms with Gasteiger partial charge in [-0.05, 0) is 31.1 Å². The molecule has 1 N–H and O–H groups in total. The number of ether oxygens (including phenoxy) is 1. The van der Waals surface area contributed by atoms with Gasteiger partial charge < -0.3 is 9.84 Å². The van der Waals surface area contributed by atoms with E-state index >= 15 is 0 Å². The minimum Gasteiger partial charge on any atom is -0.496 e. The number of alkyl halides is 3. The fourth-order valence-electron chi connectivity index (χ4n) is 2.27. The molecule has 3 nitrogen and oxygen atoms in total. The van der Waals surface area contributed by atoms with Gasteiger partial charge in [0, 0.05) is 17.5 Å². The summed E-state index contributed by atoms with van der Waals surface area (Å²) in [5.74, 6) is -0.443. The largest absolute Gasteiger partial charge is 0.496 e.